The van der Waals surface area contributed by atoms with Gasteiger partial charge in [-0.25, -0.2) is 13.6 Å². The average Bonchev–Trinajstić information content (AvgIpc) is 2.93. The summed E-state index contributed by atoms with van der Waals surface area (Å²) >= 11 is 0. The van der Waals surface area contributed by atoms with Gasteiger partial charge in [0.05, 0.1) is 29.6 Å². The van der Waals surface area contributed by atoms with Crippen LogP contribution in [0, 0.1) is 25.5 Å². The van der Waals surface area contributed by atoms with E-state index in [1.807, 2.05) is 57.7 Å². The number of hydrogen-bond acceptors (Lipinski definition) is 5. The van der Waals surface area contributed by atoms with Gasteiger partial charge in [-0.2, -0.15) is 0 Å². The number of carbonyl (C=O) groups is 1. The molecule has 5 rings (SSSR count). The van der Waals surface area contributed by atoms with Crippen LogP contribution < -0.4 is 15.2 Å². The van der Waals surface area contributed by atoms with Crippen LogP contribution in [0.5, 0.6) is 5.75 Å². The molecule has 1 fully saturated rings. The number of amides is 1. The molecule has 1 aromatic heterocycles. The summed E-state index contributed by atoms with van der Waals surface area (Å²) in [6, 6.07) is 14.5. The molecule has 7 nitrogen and oxygen atoms in total. The molecule has 2 heterocycles. The molecule has 0 radical (unpaired) electrons. The van der Waals surface area contributed by atoms with Crippen LogP contribution in [-0.2, 0) is 4.74 Å². The van der Waals surface area contributed by atoms with Crippen molar-refractivity contribution in [3.8, 4) is 22.6 Å². The highest BCUT2D eigenvalue weighted by molar-refractivity contribution is 5.96. The Morgan fingerprint density at radius 3 is 2.14 bits per heavy atom. The molecule has 0 unspecified atom stereocenters. The van der Waals surface area contributed by atoms with Gasteiger partial charge < -0.3 is 19.3 Å². The zero-order valence-electron chi connectivity index (χ0n) is 24.8. The Morgan fingerprint density at radius 2 is 1.52 bits per heavy atom. The van der Waals surface area contributed by atoms with Gasteiger partial charge in [0.2, 0.25) is 0 Å². The smallest absolute Gasteiger partial charge is 0.410 e. The van der Waals surface area contributed by atoms with Crippen LogP contribution in [-0.4, -0.2) is 54.5 Å². The minimum absolute atomic E-state index is 0.0104. The second-order valence-corrected chi connectivity index (χ2v) is 11.6. The molecule has 0 saturated carbocycles. The van der Waals surface area contributed by atoms with E-state index in [1.165, 1.54) is 37.4 Å². The number of methoxy groups -OCH3 is 1. The van der Waals surface area contributed by atoms with Gasteiger partial charge in [-0.15, -0.1) is 0 Å². The molecular formula is C33H35F2N3O4. The summed E-state index contributed by atoms with van der Waals surface area (Å²) in [4.78, 5) is 30.1. The second kappa shape index (κ2) is 11.1. The predicted molar refractivity (Wildman–Crippen MR) is 161 cm³/mol. The van der Waals surface area contributed by atoms with Crippen molar-refractivity contribution in [3.63, 3.8) is 0 Å². The Balaban J connectivity index is 1.69. The number of ether oxygens (including phenoxy) is 2. The number of nitrogens with zero attached hydrogens (tertiary/aromatic N) is 3. The van der Waals surface area contributed by atoms with Crippen molar-refractivity contribution in [2.45, 2.75) is 40.2 Å². The van der Waals surface area contributed by atoms with E-state index < -0.39 is 23.3 Å². The van der Waals surface area contributed by atoms with Crippen molar-refractivity contribution in [2.75, 3.05) is 38.2 Å². The average molecular weight is 576 g/mol. The van der Waals surface area contributed by atoms with Crippen LogP contribution in [0.25, 0.3) is 27.7 Å². The van der Waals surface area contributed by atoms with E-state index in [2.05, 4.69) is 0 Å². The zero-order chi connectivity index (χ0) is 30.3. The first-order valence-corrected chi connectivity index (χ1v) is 13.9. The fraction of sp³-hybridized carbons (Fsp3) is 0.333. The van der Waals surface area contributed by atoms with Crippen LogP contribution in [0.3, 0.4) is 0 Å². The van der Waals surface area contributed by atoms with E-state index >= 15 is 8.78 Å². The highest BCUT2D eigenvalue weighted by Crippen LogP contribution is 2.39. The van der Waals surface area contributed by atoms with Crippen molar-refractivity contribution in [2.24, 2.45) is 0 Å². The summed E-state index contributed by atoms with van der Waals surface area (Å²) < 4.78 is 43.6. The van der Waals surface area contributed by atoms with E-state index in [0.717, 1.165) is 11.1 Å². The third-order valence-electron chi connectivity index (χ3n) is 7.48. The number of fused-ring (bicyclic) bond motifs is 1. The number of hydrogen-bond donors (Lipinski definition) is 0. The summed E-state index contributed by atoms with van der Waals surface area (Å²) in [7, 11) is 1.40. The van der Waals surface area contributed by atoms with Crippen molar-refractivity contribution >= 4 is 22.7 Å². The number of piperazine rings is 1. The van der Waals surface area contributed by atoms with Crippen molar-refractivity contribution in [1.82, 2.24) is 9.47 Å². The highest BCUT2D eigenvalue weighted by atomic mass is 19.1. The maximum Gasteiger partial charge on any atom is 0.410 e. The number of anilines is 1. The fourth-order valence-electron chi connectivity index (χ4n) is 5.56. The van der Waals surface area contributed by atoms with E-state index in [-0.39, 0.29) is 22.4 Å². The topological polar surface area (TPSA) is 64.0 Å². The number of aryl methyl sites for hydroxylation is 2. The Labute approximate surface area is 243 Å². The lowest BCUT2D eigenvalue weighted by Gasteiger charge is -2.37. The van der Waals surface area contributed by atoms with Gasteiger partial charge in [0.15, 0.2) is 0 Å². The van der Waals surface area contributed by atoms with Gasteiger partial charge in [-0.05, 0) is 70.0 Å². The molecule has 1 amide bonds. The molecule has 0 spiro atoms. The number of para-hydroxylation sites is 1. The van der Waals surface area contributed by atoms with Gasteiger partial charge in [0.1, 0.15) is 23.0 Å². The Bertz CT molecular complexity index is 1710. The lowest BCUT2D eigenvalue weighted by atomic mass is 9.99. The molecule has 0 N–H and O–H groups in total. The lowest BCUT2D eigenvalue weighted by molar-refractivity contribution is 0.0240. The highest BCUT2D eigenvalue weighted by Gasteiger charge is 2.28. The van der Waals surface area contributed by atoms with E-state index in [9.17, 15) is 9.59 Å². The van der Waals surface area contributed by atoms with Gasteiger partial charge in [0, 0.05) is 43.2 Å². The third-order valence-corrected chi connectivity index (χ3v) is 7.48. The number of aromatic nitrogens is 1. The predicted octanol–water partition coefficient (Wildman–Crippen LogP) is 6.62. The summed E-state index contributed by atoms with van der Waals surface area (Å²) in [5, 5.41) is 0.500. The zero-order valence-corrected chi connectivity index (χ0v) is 24.8. The second-order valence-electron chi connectivity index (χ2n) is 11.6. The van der Waals surface area contributed by atoms with Crippen LogP contribution in [0.1, 0.15) is 31.9 Å². The molecule has 0 bridgehead atoms. The number of halogens is 2. The fourth-order valence-corrected chi connectivity index (χ4v) is 5.56. The number of pyridine rings is 1. The largest absolute Gasteiger partial charge is 0.496 e. The van der Waals surface area contributed by atoms with Crippen LogP contribution in [0.4, 0.5) is 19.3 Å². The van der Waals surface area contributed by atoms with Crippen molar-refractivity contribution < 1.29 is 23.0 Å². The first-order chi connectivity index (χ1) is 19.9. The standard InChI is InChI=1S/C33H35F2N3O4/c1-20-9-7-10-21(2)31(20)38-27-18-22(30-24(34)11-8-12-28(30)41-6)25(35)17-23(27)26(19-29(38)39)36-13-15-37(16-14-36)32(40)42-33(3,4)5/h7-12,17-19H,13-16H2,1-6H3. The van der Waals surface area contributed by atoms with Crippen LogP contribution in [0.15, 0.2) is 59.4 Å². The van der Waals surface area contributed by atoms with Crippen molar-refractivity contribution in [1.29, 1.82) is 0 Å². The molecular weight excluding hydrogens is 540 g/mol. The molecule has 42 heavy (non-hydrogen) atoms. The molecule has 1 aliphatic heterocycles. The molecule has 0 aliphatic carbocycles. The molecule has 1 aliphatic rings. The molecule has 3 aromatic carbocycles. The number of carbonyl (C=O) groups excluding carboxylic acids is 1. The quantitative estimate of drug-likeness (QED) is 0.274. The van der Waals surface area contributed by atoms with Crippen LogP contribution in [0.2, 0.25) is 0 Å². The number of rotatable bonds is 4. The van der Waals surface area contributed by atoms with Gasteiger partial charge >= 0.3 is 6.09 Å². The first kappa shape index (κ1) is 29.1. The normalized spacial score (nSPS) is 13.9. The first-order valence-electron chi connectivity index (χ1n) is 13.9. The lowest BCUT2D eigenvalue weighted by Crippen LogP contribution is -2.50. The number of benzene rings is 3. The summed E-state index contributed by atoms with van der Waals surface area (Å²) in [6.07, 6.45) is -0.396. The molecule has 220 valence electrons. The summed E-state index contributed by atoms with van der Waals surface area (Å²) in [5.74, 6) is -1.10. The van der Waals surface area contributed by atoms with Gasteiger partial charge in [-0.1, -0.05) is 24.3 Å². The maximum absolute atomic E-state index is 16.0. The monoisotopic (exact) mass is 575 g/mol. The maximum atomic E-state index is 16.0. The van der Waals surface area contributed by atoms with E-state index in [4.69, 9.17) is 9.47 Å². The summed E-state index contributed by atoms with van der Waals surface area (Å²) in [6.45, 7) is 10.9. The minimum atomic E-state index is -0.647. The van der Waals surface area contributed by atoms with E-state index in [0.29, 0.717) is 48.5 Å². The van der Waals surface area contributed by atoms with Gasteiger partial charge in [-0.3, -0.25) is 9.36 Å². The van der Waals surface area contributed by atoms with Crippen LogP contribution >= 0.6 is 0 Å². The van der Waals surface area contributed by atoms with Crippen molar-refractivity contribution in [3.05, 3.63) is 87.7 Å². The molecule has 4 aromatic rings. The Hall–Kier alpha value is -4.40. The minimum Gasteiger partial charge on any atom is -0.496 e. The Kier molecular flexibility index (Phi) is 7.70. The molecule has 1 saturated heterocycles. The SMILES string of the molecule is COc1cccc(F)c1-c1cc2c(cc1F)c(N1CCN(C(=O)OC(C)(C)C)CC1)cc(=O)n2-c1c(C)cccc1C. The Morgan fingerprint density at radius 1 is 0.881 bits per heavy atom. The summed E-state index contributed by atoms with van der Waals surface area (Å²) in [5.41, 5.74) is 2.46. The van der Waals surface area contributed by atoms with Gasteiger partial charge in [0.25, 0.3) is 5.56 Å². The molecule has 9 heteroatoms. The molecule has 0 atom stereocenters. The van der Waals surface area contributed by atoms with E-state index in [1.54, 1.807) is 15.5 Å². The third kappa shape index (κ3) is 5.43.